The maximum absolute atomic E-state index is 5.61. The summed E-state index contributed by atoms with van der Waals surface area (Å²) in [4.78, 5) is 3.17. The van der Waals surface area contributed by atoms with E-state index in [0.717, 1.165) is 27.9 Å². The number of anilines is 1. The van der Waals surface area contributed by atoms with Gasteiger partial charge in [-0.3, -0.25) is 5.10 Å². The number of nitrogens with one attached hydrogen (secondary N) is 2. The zero-order valence-electron chi connectivity index (χ0n) is 9.32. The van der Waals surface area contributed by atoms with E-state index in [1.807, 2.05) is 24.4 Å². The Labute approximate surface area is 97.6 Å². The molecule has 0 spiro atoms. The lowest BCUT2D eigenvalue weighted by atomic mass is 10.1. The van der Waals surface area contributed by atoms with Crippen LogP contribution < -0.4 is 10.5 Å². The number of nitrogens with zero attached hydrogens (tertiary/aromatic N) is 1. The fourth-order valence-corrected chi connectivity index (χ4v) is 1.93. The normalized spacial score (nSPS) is 10.9. The van der Waals surface area contributed by atoms with Crippen molar-refractivity contribution in [1.29, 1.82) is 0 Å². The Kier molecular flexibility index (Phi) is 2.04. The van der Waals surface area contributed by atoms with Crippen LogP contribution in [-0.4, -0.2) is 22.3 Å². The number of methoxy groups -OCH3 is 1. The maximum Gasteiger partial charge on any atom is 0.145 e. The van der Waals surface area contributed by atoms with Gasteiger partial charge in [0.1, 0.15) is 11.6 Å². The fourth-order valence-electron chi connectivity index (χ4n) is 1.93. The molecule has 1 aromatic carbocycles. The van der Waals surface area contributed by atoms with E-state index < -0.39 is 0 Å². The molecule has 3 aromatic rings. The van der Waals surface area contributed by atoms with E-state index in [2.05, 4.69) is 15.2 Å². The smallest absolute Gasteiger partial charge is 0.145 e. The predicted octanol–water partition coefficient (Wildman–Crippen LogP) is 2.15. The molecule has 0 aliphatic heterocycles. The molecule has 0 unspecified atom stereocenters. The molecular weight excluding hydrogens is 216 g/mol. The van der Waals surface area contributed by atoms with Gasteiger partial charge in [-0.25, -0.2) is 0 Å². The summed E-state index contributed by atoms with van der Waals surface area (Å²) < 4.78 is 5.38. The second kappa shape index (κ2) is 3.55. The largest absolute Gasteiger partial charge is 0.496 e. The summed E-state index contributed by atoms with van der Waals surface area (Å²) in [6.07, 6.45) is 1.90. The summed E-state index contributed by atoms with van der Waals surface area (Å²) >= 11 is 0. The van der Waals surface area contributed by atoms with Crippen LogP contribution in [0.4, 0.5) is 5.82 Å². The van der Waals surface area contributed by atoms with Gasteiger partial charge < -0.3 is 15.5 Å². The Morgan fingerprint density at radius 3 is 2.88 bits per heavy atom. The Morgan fingerprint density at radius 1 is 1.29 bits per heavy atom. The molecule has 2 heterocycles. The first kappa shape index (κ1) is 9.77. The van der Waals surface area contributed by atoms with E-state index in [4.69, 9.17) is 10.5 Å². The number of benzene rings is 1. The van der Waals surface area contributed by atoms with Crippen molar-refractivity contribution in [2.75, 3.05) is 12.8 Å². The molecule has 2 aromatic heterocycles. The van der Waals surface area contributed by atoms with E-state index in [-0.39, 0.29) is 0 Å². The molecule has 0 bridgehead atoms. The van der Waals surface area contributed by atoms with E-state index in [1.165, 1.54) is 0 Å². The van der Waals surface area contributed by atoms with Gasteiger partial charge in [0.15, 0.2) is 0 Å². The minimum Gasteiger partial charge on any atom is -0.496 e. The number of ether oxygens (including phenoxy) is 1. The molecule has 0 atom stereocenters. The third-order valence-electron chi connectivity index (χ3n) is 2.76. The zero-order chi connectivity index (χ0) is 11.8. The van der Waals surface area contributed by atoms with E-state index in [9.17, 15) is 0 Å². The fraction of sp³-hybridized carbons (Fsp3) is 0.0833. The second-order valence-electron chi connectivity index (χ2n) is 3.82. The van der Waals surface area contributed by atoms with Crippen LogP contribution in [0.2, 0.25) is 0 Å². The lowest BCUT2D eigenvalue weighted by Crippen LogP contribution is -1.88. The number of nitrogen functional groups attached to an aromatic ring is 1. The van der Waals surface area contributed by atoms with Gasteiger partial charge in [-0.2, -0.15) is 5.10 Å². The minimum absolute atomic E-state index is 0.466. The molecule has 3 rings (SSSR count). The monoisotopic (exact) mass is 228 g/mol. The highest BCUT2D eigenvalue weighted by molar-refractivity contribution is 5.88. The van der Waals surface area contributed by atoms with Crippen molar-refractivity contribution in [2.45, 2.75) is 0 Å². The van der Waals surface area contributed by atoms with Crippen LogP contribution in [0.25, 0.3) is 22.2 Å². The number of fused-ring (bicyclic) bond motifs is 1. The summed E-state index contributed by atoms with van der Waals surface area (Å²) in [5.74, 6) is 1.26. The number of aromatic nitrogens is 3. The minimum atomic E-state index is 0.466. The molecule has 0 saturated heterocycles. The molecule has 0 amide bonds. The summed E-state index contributed by atoms with van der Waals surface area (Å²) in [7, 11) is 1.65. The first-order valence-electron chi connectivity index (χ1n) is 5.24. The van der Waals surface area contributed by atoms with Crippen molar-refractivity contribution in [3.8, 4) is 17.0 Å². The number of rotatable bonds is 2. The summed E-state index contributed by atoms with van der Waals surface area (Å²) in [6, 6.07) is 7.79. The predicted molar refractivity (Wildman–Crippen MR) is 66.8 cm³/mol. The van der Waals surface area contributed by atoms with Gasteiger partial charge in [0.05, 0.1) is 12.8 Å². The Morgan fingerprint density at radius 2 is 2.18 bits per heavy atom. The molecule has 86 valence electrons. The quantitative estimate of drug-likeness (QED) is 0.628. The van der Waals surface area contributed by atoms with Crippen LogP contribution in [0.15, 0.2) is 30.5 Å². The van der Waals surface area contributed by atoms with Crippen LogP contribution in [0, 0.1) is 0 Å². The molecule has 0 aliphatic rings. The average Bonchev–Trinajstić information content (AvgIpc) is 2.94. The maximum atomic E-state index is 5.61. The van der Waals surface area contributed by atoms with Gasteiger partial charge in [-0.05, 0) is 18.2 Å². The summed E-state index contributed by atoms with van der Waals surface area (Å²) in [5, 5.41) is 7.92. The molecule has 0 fully saturated rings. The number of hydrogen-bond acceptors (Lipinski definition) is 3. The lowest BCUT2D eigenvalue weighted by molar-refractivity contribution is 0.417. The number of nitrogens with two attached hydrogens (primary N) is 1. The molecule has 0 radical (unpaired) electrons. The highest BCUT2D eigenvalue weighted by atomic mass is 16.5. The van der Waals surface area contributed by atoms with Crippen LogP contribution in [-0.2, 0) is 0 Å². The van der Waals surface area contributed by atoms with E-state index >= 15 is 0 Å². The molecule has 0 aliphatic carbocycles. The average molecular weight is 228 g/mol. The molecule has 5 heteroatoms. The molecule has 0 saturated carbocycles. The van der Waals surface area contributed by atoms with Crippen molar-refractivity contribution in [2.24, 2.45) is 0 Å². The van der Waals surface area contributed by atoms with Gasteiger partial charge in [0.25, 0.3) is 0 Å². The van der Waals surface area contributed by atoms with Crippen molar-refractivity contribution >= 4 is 16.7 Å². The molecule has 17 heavy (non-hydrogen) atoms. The first-order valence-corrected chi connectivity index (χ1v) is 5.24. The van der Waals surface area contributed by atoms with Gasteiger partial charge in [0, 0.05) is 28.7 Å². The van der Waals surface area contributed by atoms with Crippen molar-refractivity contribution in [3.05, 3.63) is 30.5 Å². The molecular formula is C12H12N4O. The van der Waals surface area contributed by atoms with Gasteiger partial charge in [0.2, 0.25) is 0 Å². The second-order valence-corrected chi connectivity index (χ2v) is 3.82. The van der Waals surface area contributed by atoms with Crippen LogP contribution in [0.3, 0.4) is 0 Å². The SMILES string of the molecule is COc1cc2cc[nH]c2cc1-c1cc(N)n[nH]1. The Hall–Kier alpha value is -2.43. The number of hydrogen-bond donors (Lipinski definition) is 3. The third-order valence-corrected chi connectivity index (χ3v) is 2.76. The highest BCUT2D eigenvalue weighted by Crippen LogP contribution is 2.33. The summed E-state index contributed by atoms with van der Waals surface area (Å²) in [5.41, 5.74) is 8.44. The summed E-state index contributed by atoms with van der Waals surface area (Å²) in [6.45, 7) is 0. The third kappa shape index (κ3) is 1.52. The zero-order valence-corrected chi connectivity index (χ0v) is 9.32. The standard InChI is InChI=1S/C12H12N4O/c1-17-11-4-7-2-3-14-9(7)5-8(11)10-6-12(13)16-15-10/h2-6,14H,1H3,(H3,13,15,16). The van der Waals surface area contributed by atoms with Crippen molar-refractivity contribution in [3.63, 3.8) is 0 Å². The van der Waals surface area contributed by atoms with Crippen molar-refractivity contribution < 1.29 is 4.74 Å². The topological polar surface area (TPSA) is 79.7 Å². The van der Waals surface area contributed by atoms with Crippen LogP contribution in [0.1, 0.15) is 0 Å². The van der Waals surface area contributed by atoms with Gasteiger partial charge >= 0.3 is 0 Å². The first-order chi connectivity index (χ1) is 8.28. The number of aromatic amines is 2. The van der Waals surface area contributed by atoms with Crippen LogP contribution in [0.5, 0.6) is 5.75 Å². The van der Waals surface area contributed by atoms with Gasteiger partial charge in [-0.15, -0.1) is 0 Å². The lowest BCUT2D eigenvalue weighted by Gasteiger charge is -2.06. The Balaban J connectivity index is 2.25. The molecule has 4 N–H and O–H groups in total. The van der Waals surface area contributed by atoms with Gasteiger partial charge in [-0.1, -0.05) is 0 Å². The van der Waals surface area contributed by atoms with E-state index in [0.29, 0.717) is 5.82 Å². The van der Waals surface area contributed by atoms with Crippen LogP contribution >= 0.6 is 0 Å². The molecule has 5 nitrogen and oxygen atoms in total. The Bertz CT molecular complexity index is 668. The number of H-pyrrole nitrogens is 2. The van der Waals surface area contributed by atoms with Crippen molar-refractivity contribution in [1.82, 2.24) is 15.2 Å². The van der Waals surface area contributed by atoms with E-state index in [1.54, 1.807) is 13.2 Å². The highest BCUT2D eigenvalue weighted by Gasteiger charge is 2.10.